The zero-order valence-electron chi connectivity index (χ0n) is 7.56. The fourth-order valence-corrected chi connectivity index (χ4v) is 1.59. The first-order chi connectivity index (χ1) is 6.57. The van der Waals surface area contributed by atoms with E-state index in [9.17, 15) is 8.78 Å². The van der Waals surface area contributed by atoms with E-state index < -0.39 is 17.2 Å². The highest BCUT2D eigenvalue weighted by molar-refractivity contribution is 5.37. The van der Waals surface area contributed by atoms with Gasteiger partial charge in [-0.15, -0.1) is 0 Å². The van der Waals surface area contributed by atoms with Crippen molar-refractivity contribution >= 4 is 0 Å². The van der Waals surface area contributed by atoms with Gasteiger partial charge in [-0.2, -0.15) is 0 Å². The molecular formula is C10H11F2NO. The molecule has 2 rings (SSSR count). The topological polar surface area (TPSA) is 46.2 Å². The van der Waals surface area contributed by atoms with Gasteiger partial charge >= 0.3 is 0 Å². The maximum atomic E-state index is 12.9. The molecule has 1 aromatic rings. The molecule has 0 radical (unpaired) electrons. The van der Waals surface area contributed by atoms with Gasteiger partial charge in [-0.25, -0.2) is 8.78 Å². The summed E-state index contributed by atoms with van der Waals surface area (Å²) in [5.41, 5.74) is 6.22. The standard InChI is InChI=1S/C10H11F2NO/c11-8-3-6(5-14)7(4-9(8)12)10(13)1-2-10/h3-4,14H,1-2,5,13H2. The smallest absolute Gasteiger partial charge is 0.159 e. The van der Waals surface area contributed by atoms with E-state index in [0.29, 0.717) is 11.1 Å². The SMILES string of the molecule is NC1(c2cc(F)c(F)cc2CO)CC1. The highest BCUT2D eigenvalue weighted by Gasteiger charge is 2.41. The molecule has 0 bridgehead atoms. The van der Waals surface area contributed by atoms with Crippen LogP contribution in [0.15, 0.2) is 12.1 Å². The number of aliphatic hydroxyl groups is 1. The normalized spacial score (nSPS) is 18.3. The molecule has 0 amide bonds. The van der Waals surface area contributed by atoms with Crippen LogP contribution in [0.4, 0.5) is 8.78 Å². The molecule has 0 spiro atoms. The first-order valence-electron chi connectivity index (χ1n) is 4.45. The second-order valence-corrected chi connectivity index (χ2v) is 3.74. The number of halogens is 2. The number of rotatable bonds is 2. The van der Waals surface area contributed by atoms with Crippen molar-refractivity contribution in [2.75, 3.05) is 0 Å². The highest BCUT2D eigenvalue weighted by atomic mass is 19.2. The van der Waals surface area contributed by atoms with Crippen molar-refractivity contribution in [3.05, 3.63) is 34.9 Å². The highest BCUT2D eigenvalue weighted by Crippen LogP contribution is 2.44. The lowest BCUT2D eigenvalue weighted by Gasteiger charge is -2.14. The Bertz CT molecular complexity index is 375. The third-order valence-electron chi connectivity index (χ3n) is 2.64. The minimum Gasteiger partial charge on any atom is -0.392 e. The number of aliphatic hydroxyl groups excluding tert-OH is 1. The quantitative estimate of drug-likeness (QED) is 0.756. The summed E-state index contributed by atoms with van der Waals surface area (Å²) in [6.45, 7) is -0.314. The lowest BCUT2D eigenvalue weighted by Crippen LogP contribution is -2.21. The van der Waals surface area contributed by atoms with Crippen LogP contribution in [0.25, 0.3) is 0 Å². The zero-order chi connectivity index (χ0) is 10.3. The van der Waals surface area contributed by atoms with E-state index in [-0.39, 0.29) is 6.61 Å². The first-order valence-corrected chi connectivity index (χ1v) is 4.45. The molecule has 1 aliphatic rings. The Labute approximate surface area is 80.4 Å². The number of hydrogen-bond acceptors (Lipinski definition) is 2. The van der Waals surface area contributed by atoms with E-state index in [0.717, 1.165) is 25.0 Å². The molecule has 1 saturated carbocycles. The predicted octanol–water partition coefficient (Wildman–Crippen LogP) is 1.40. The van der Waals surface area contributed by atoms with Gasteiger partial charge in [0.05, 0.1) is 6.61 Å². The molecule has 4 heteroatoms. The van der Waals surface area contributed by atoms with Gasteiger partial charge in [0.25, 0.3) is 0 Å². The summed E-state index contributed by atoms with van der Waals surface area (Å²) in [5.74, 6) is -1.85. The van der Waals surface area contributed by atoms with Gasteiger partial charge in [0.1, 0.15) is 0 Å². The molecule has 14 heavy (non-hydrogen) atoms. The van der Waals surface area contributed by atoms with E-state index in [4.69, 9.17) is 10.8 Å². The maximum absolute atomic E-state index is 12.9. The van der Waals surface area contributed by atoms with Crippen LogP contribution in [-0.2, 0) is 12.1 Å². The fourth-order valence-electron chi connectivity index (χ4n) is 1.59. The van der Waals surface area contributed by atoms with Crippen molar-refractivity contribution in [3.63, 3.8) is 0 Å². The van der Waals surface area contributed by atoms with Gasteiger partial charge in [0, 0.05) is 5.54 Å². The number of benzene rings is 1. The molecule has 3 N–H and O–H groups in total. The van der Waals surface area contributed by atoms with E-state index in [1.165, 1.54) is 0 Å². The van der Waals surface area contributed by atoms with E-state index >= 15 is 0 Å². The van der Waals surface area contributed by atoms with Crippen molar-refractivity contribution in [2.45, 2.75) is 25.0 Å². The molecule has 0 aromatic heterocycles. The van der Waals surface area contributed by atoms with Crippen LogP contribution < -0.4 is 5.73 Å². The first kappa shape index (κ1) is 9.55. The maximum Gasteiger partial charge on any atom is 0.159 e. The van der Waals surface area contributed by atoms with E-state index in [1.54, 1.807) is 0 Å². The van der Waals surface area contributed by atoms with E-state index in [1.807, 2.05) is 0 Å². The lowest BCUT2D eigenvalue weighted by atomic mass is 9.99. The number of hydrogen-bond donors (Lipinski definition) is 2. The van der Waals surface area contributed by atoms with Crippen LogP contribution in [0, 0.1) is 11.6 Å². The summed E-state index contributed by atoms with van der Waals surface area (Å²) < 4.78 is 25.8. The predicted molar refractivity (Wildman–Crippen MR) is 47.4 cm³/mol. The van der Waals surface area contributed by atoms with Crippen molar-refractivity contribution in [3.8, 4) is 0 Å². The summed E-state index contributed by atoms with van der Waals surface area (Å²) in [6, 6.07) is 2.10. The summed E-state index contributed by atoms with van der Waals surface area (Å²) in [7, 11) is 0. The van der Waals surface area contributed by atoms with Gasteiger partial charge in [-0.3, -0.25) is 0 Å². The second kappa shape index (κ2) is 3.00. The Hall–Kier alpha value is -1.00. The molecule has 0 heterocycles. The van der Waals surface area contributed by atoms with Crippen molar-refractivity contribution in [2.24, 2.45) is 5.73 Å². The molecule has 1 aliphatic carbocycles. The van der Waals surface area contributed by atoms with Crippen molar-refractivity contribution in [1.82, 2.24) is 0 Å². The van der Waals surface area contributed by atoms with Crippen LogP contribution in [0.1, 0.15) is 24.0 Å². The minimum absolute atomic E-state index is 0.314. The third-order valence-corrected chi connectivity index (χ3v) is 2.64. The van der Waals surface area contributed by atoms with Crippen LogP contribution in [0.5, 0.6) is 0 Å². The van der Waals surface area contributed by atoms with Gasteiger partial charge in [-0.05, 0) is 36.1 Å². The molecule has 76 valence electrons. The average molecular weight is 199 g/mol. The zero-order valence-corrected chi connectivity index (χ0v) is 7.56. The molecule has 0 aliphatic heterocycles. The Morgan fingerprint density at radius 3 is 2.36 bits per heavy atom. The molecule has 0 unspecified atom stereocenters. The van der Waals surface area contributed by atoms with Crippen LogP contribution >= 0.6 is 0 Å². The fraction of sp³-hybridized carbons (Fsp3) is 0.400. The largest absolute Gasteiger partial charge is 0.392 e. The van der Waals surface area contributed by atoms with Gasteiger partial charge in [-0.1, -0.05) is 0 Å². The summed E-state index contributed by atoms with van der Waals surface area (Å²) >= 11 is 0. The van der Waals surface area contributed by atoms with E-state index in [2.05, 4.69) is 0 Å². The summed E-state index contributed by atoms with van der Waals surface area (Å²) in [5, 5.41) is 8.98. The lowest BCUT2D eigenvalue weighted by molar-refractivity contribution is 0.278. The Morgan fingerprint density at radius 1 is 1.29 bits per heavy atom. The Balaban J connectivity index is 2.52. The van der Waals surface area contributed by atoms with Crippen LogP contribution in [0.2, 0.25) is 0 Å². The van der Waals surface area contributed by atoms with Crippen molar-refractivity contribution < 1.29 is 13.9 Å². The van der Waals surface area contributed by atoms with Gasteiger partial charge in [0.2, 0.25) is 0 Å². The molecule has 2 nitrogen and oxygen atoms in total. The molecule has 1 fully saturated rings. The molecule has 0 saturated heterocycles. The Morgan fingerprint density at radius 2 is 1.86 bits per heavy atom. The molecule has 1 aromatic carbocycles. The summed E-state index contributed by atoms with van der Waals surface area (Å²) in [4.78, 5) is 0. The molecular weight excluding hydrogens is 188 g/mol. The summed E-state index contributed by atoms with van der Waals surface area (Å²) in [6.07, 6.45) is 1.51. The minimum atomic E-state index is -0.943. The molecule has 0 atom stereocenters. The monoisotopic (exact) mass is 199 g/mol. The second-order valence-electron chi connectivity index (χ2n) is 3.74. The average Bonchev–Trinajstić information content (AvgIpc) is 2.89. The van der Waals surface area contributed by atoms with Crippen molar-refractivity contribution in [1.29, 1.82) is 0 Å². The van der Waals surface area contributed by atoms with Gasteiger partial charge < -0.3 is 10.8 Å². The van der Waals surface area contributed by atoms with Crippen LogP contribution in [0.3, 0.4) is 0 Å². The van der Waals surface area contributed by atoms with Gasteiger partial charge in [0.15, 0.2) is 11.6 Å². The number of nitrogens with two attached hydrogens (primary N) is 1. The van der Waals surface area contributed by atoms with Crippen LogP contribution in [-0.4, -0.2) is 5.11 Å². The third kappa shape index (κ3) is 1.40. The Kier molecular flexibility index (Phi) is 2.05.